The van der Waals surface area contributed by atoms with Gasteiger partial charge in [0.05, 0.1) is 28.0 Å². The van der Waals surface area contributed by atoms with Gasteiger partial charge in [0, 0.05) is 39.2 Å². The van der Waals surface area contributed by atoms with Crippen LogP contribution in [0.3, 0.4) is 0 Å². The number of rotatable bonds is 7. The molecule has 0 saturated heterocycles. The Morgan fingerprint density at radius 2 is 1.03 bits per heavy atom. The molecule has 3 heterocycles. The molecule has 5 nitrogen and oxygen atoms in total. The first kappa shape index (κ1) is 34.2. The summed E-state index contributed by atoms with van der Waals surface area (Å²) in [5.41, 5.74) is 15.0. The number of benzene rings is 8. The highest BCUT2D eigenvalue weighted by atomic mass is 16.3. The number of hydrogen-bond donors (Lipinski definition) is 1. The number of phenolic OH excluding ortho intramolecular Hbond substituents is 1. The molecule has 5 heteroatoms. The molecular weight excluding hydrogens is 723 g/mol. The van der Waals surface area contributed by atoms with Crippen molar-refractivity contribution in [1.82, 2.24) is 14.5 Å². The van der Waals surface area contributed by atoms with E-state index in [2.05, 4.69) is 156 Å². The number of hydrogen-bond acceptors (Lipinski definition) is 4. The fraction of sp³-hybridized carbons (Fsp3) is 0. The summed E-state index contributed by atoms with van der Waals surface area (Å²) < 4.78 is 9.15. The summed E-state index contributed by atoms with van der Waals surface area (Å²) in [5, 5.41) is 13.3. The van der Waals surface area contributed by atoms with Gasteiger partial charge in [0.25, 0.3) is 0 Å². The number of pyridine rings is 1. The van der Waals surface area contributed by atoms with Crippen LogP contribution < -0.4 is 0 Å². The number of imidazole rings is 1. The van der Waals surface area contributed by atoms with E-state index in [4.69, 9.17) is 14.4 Å². The molecule has 0 radical (unpaired) electrons. The summed E-state index contributed by atoms with van der Waals surface area (Å²) in [4.78, 5) is 10.4. The van der Waals surface area contributed by atoms with Crippen LogP contribution in [-0.2, 0) is 0 Å². The lowest BCUT2D eigenvalue weighted by molar-refractivity contribution is 0.477. The monoisotopic (exact) mass is 757 g/mol. The van der Waals surface area contributed by atoms with Crippen molar-refractivity contribution in [1.29, 1.82) is 0 Å². The molecule has 278 valence electrons. The Bertz CT molecular complexity index is 3330. The minimum atomic E-state index is 0.162. The van der Waals surface area contributed by atoms with Gasteiger partial charge in [0.1, 0.15) is 22.7 Å². The first-order valence-corrected chi connectivity index (χ1v) is 19.7. The quantitative estimate of drug-likeness (QED) is 0.176. The van der Waals surface area contributed by atoms with Gasteiger partial charge >= 0.3 is 0 Å². The number of aromatic hydroxyl groups is 1. The maximum Gasteiger partial charge on any atom is 0.149 e. The molecule has 0 aliphatic heterocycles. The van der Waals surface area contributed by atoms with E-state index in [1.54, 1.807) is 6.07 Å². The van der Waals surface area contributed by atoms with Crippen LogP contribution in [0.2, 0.25) is 0 Å². The Kier molecular flexibility index (Phi) is 8.23. The average molecular weight is 758 g/mol. The molecule has 0 fully saturated rings. The van der Waals surface area contributed by atoms with E-state index in [1.807, 2.05) is 48.7 Å². The van der Waals surface area contributed by atoms with Gasteiger partial charge in [0.2, 0.25) is 0 Å². The Hall–Kier alpha value is -8.02. The lowest BCUT2D eigenvalue weighted by Gasteiger charge is -2.15. The van der Waals surface area contributed by atoms with Gasteiger partial charge in [-0.2, -0.15) is 0 Å². The molecule has 0 spiro atoms. The van der Waals surface area contributed by atoms with Gasteiger partial charge < -0.3 is 9.52 Å². The Morgan fingerprint density at radius 1 is 0.424 bits per heavy atom. The van der Waals surface area contributed by atoms with E-state index >= 15 is 0 Å². The largest absolute Gasteiger partial charge is 0.507 e. The standard InChI is InChI=1S/C54H35N3O2/c58-50-29-13-11-23-44(50)54-56-51-41(24-15-28-49(51)57(54)48-27-12-10-22-40(48)36-18-6-2-7-19-36)39-32-45-43-26-14-25-42(37-20-8-3-9-21-37)52(43)59-53(45)46(33-39)47-34-38(30-31-55-47)35-16-4-1-5-17-35/h1-34,58H. The second kappa shape index (κ2) is 14.2. The molecular formula is C54H35N3O2. The molecule has 0 atom stereocenters. The summed E-state index contributed by atoms with van der Waals surface area (Å²) in [6, 6.07) is 68.3. The molecule has 0 aliphatic rings. The van der Waals surface area contributed by atoms with Crippen LogP contribution in [-0.4, -0.2) is 19.6 Å². The summed E-state index contributed by atoms with van der Waals surface area (Å²) in [6.45, 7) is 0. The van der Waals surface area contributed by atoms with Crippen LogP contribution in [0, 0.1) is 0 Å². The number of fused-ring (bicyclic) bond motifs is 4. The molecule has 8 aromatic carbocycles. The Balaban J connectivity index is 1.20. The minimum absolute atomic E-state index is 0.162. The zero-order valence-corrected chi connectivity index (χ0v) is 31.8. The topological polar surface area (TPSA) is 64.1 Å². The van der Waals surface area contributed by atoms with Crippen molar-refractivity contribution in [2.45, 2.75) is 0 Å². The lowest BCUT2D eigenvalue weighted by atomic mass is 9.95. The molecule has 0 amide bonds. The fourth-order valence-electron chi connectivity index (χ4n) is 8.43. The van der Waals surface area contributed by atoms with Crippen molar-refractivity contribution in [3.8, 4) is 78.6 Å². The minimum Gasteiger partial charge on any atom is -0.507 e. The molecule has 0 saturated carbocycles. The van der Waals surface area contributed by atoms with Crippen molar-refractivity contribution in [2.75, 3.05) is 0 Å². The zero-order valence-electron chi connectivity index (χ0n) is 31.8. The molecule has 3 aromatic heterocycles. The molecule has 11 aromatic rings. The third-order valence-corrected chi connectivity index (χ3v) is 11.2. The number of aromatic nitrogens is 3. The van der Waals surface area contributed by atoms with Crippen molar-refractivity contribution in [2.24, 2.45) is 0 Å². The van der Waals surface area contributed by atoms with Crippen molar-refractivity contribution in [3.05, 3.63) is 206 Å². The molecule has 59 heavy (non-hydrogen) atoms. The van der Waals surface area contributed by atoms with Crippen LogP contribution in [0.25, 0.3) is 106 Å². The van der Waals surface area contributed by atoms with Crippen LogP contribution in [0.4, 0.5) is 0 Å². The summed E-state index contributed by atoms with van der Waals surface area (Å²) in [6.07, 6.45) is 1.87. The van der Waals surface area contributed by atoms with E-state index in [0.29, 0.717) is 11.4 Å². The first-order valence-electron chi connectivity index (χ1n) is 19.7. The van der Waals surface area contributed by atoms with E-state index in [9.17, 15) is 5.11 Å². The van der Waals surface area contributed by atoms with Gasteiger partial charge in [-0.1, -0.05) is 152 Å². The zero-order chi connectivity index (χ0) is 39.3. The highest BCUT2D eigenvalue weighted by molar-refractivity contribution is 6.15. The Labute approximate surface area is 340 Å². The molecule has 1 N–H and O–H groups in total. The van der Waals surface area contributed by atoms with Crippen molar-refractivity contribution >= 4 is 33.0 Å². The van der Waals surface area contributed by atoms with Crippen LogP contribution >= 0.6 is 0 Å². The number of phenols is 1. The van der Waals surface area contributed by atoms with Gasteiger partial charge in [-0.25, -0.2) is 4.98 Å². The predicted molar refractivity (Wildman–Crippen MR) is 240 cm³/mol. The second-order valence-corrected chi connectivity index (χ2v) is 14.7. The molecule has 0 bridgehead atoms. The van der Waals surface area contributed by atoms with Gasteiger partial charge in [0.15, 0.2) is 0 Å². The van der Waals surface area contributed by atoms with E-state index in [1.165, 1.54) is 0 Å². The van der Waals surface area contributed by atoms with Crippen LogP contribution in [0.1, 0.15) is 0 Å². The van der Waals surface area contributed by atoms with Gasteiger partial charge in [-0.15, -0.1) is 0 Å². The summed E-state index contributed by atoms with van der Waals surface area (Å²) in [5.74, 6) is 0.809. The third-order valence-electron chi connectivity index (χ3n) is 11.2. The molecule has 0 unspecified atom stereocenters. The maximum absolute atomic E-state index is 11.3. The maximum atomic E-state index is 11.3. The average Bonchev–Trinajstić information content (AvgIpc) is 3.89. The lowest BCUT2D eigenvalue weighted by Crippen LogP contribution is -2.00. The SMILES string of the molecule is Oc1ccccc1-c1nc2c(-c3cc(-c4cc(-c5ccccc5)ccn4)c4oc5c(-c6ccccc6)cccc5c4c3)cccc2n1-c1ccccc1-c1ccccc1. The summed E-state index contributed by atoms with van der Waals surface area (Å²) in [7, 11) is 0. The molecule has 0 aliphatic carbocycles. The summed E-state index contributed by atoms with van der Waals surface area (Å²) >= 11 is 0. The van der Waals surface area contributed by atoms with E-state index < -0.39 is 0 Å². The van der Waals surface area contributed by atoms with Crippen LogP contribution in [0.5, 0.6) is 5.75 Å². The van der Waals surface area contributed by atoms with Crippen LogP contribution in [0.15, 0.2) is 211 Å². The predicted octanol–water partition coefficient (Wildman–Crippen LogP) is 14.0. The number of nitrogens with zero attached hydrogens (tertiary/aromatic N) is 3. The fourth-order valence-corrected chi connectivity index (χ4v) is 8.43. The number of furan rings is 1. The van der Waals surface area contributed by atoms with Crippen molar-refractivity contribution in [3.63, 3.8) is 0 Å². The third kappa shape index (κ3) is 5.87. The molecule has 11 rings (SSSR count). The highest BCUT2D eigenvalue weighted by Gasteiger charge is 2.24. The smallest absolute Gasteiger partial charge is 0.149 e. The van der Waals surface area contributed by atoms with Gasteiger partial charge in [-0.3, -0.25) is 9.55 Å². The second-order valence-electron chi connectivity index (χ2n) is 14.7. The first-order chi connectivity index (χ1) is 29.2. The normalized spacial score (nSPS) is 11.5. The Morgan fingerprint density at radius 3 is 1.80 bits per heavy atom. The van der Waals surface area contributed by atoms with Crippen molar-refractivity contribution < 1.29 is 9.52 Å². The van der Waals surface area contributed by atoms with E-state index in [0.717, 1.165) is 94.4 Å². The van der Waals surface area contributed by atoms with Gasteiger partial charge in [-0.05, 0) is 76.3 Å². The van der Waals surface area contributed by atoms with E-state index in [-0.39, 0.29) is 5.75 Å². The highest BCUT2D eigenvalue weighted by Crippen LogP contribution is 2.45. The number of para-hydroxylation sites is 4.